The number of rotatable bonds is 2. The number of ether oxygens (including phenoxy) is 1. The zero-order valence-corrected chi connectivity index (χ0v) is 13.9. The molecule has 1 aromatic rings. The molecule has 0 aromatic heterocycles. The zero-order chi connectivity index (χ0) is 16.6. The molecule has 6 heteroatoms. The Morgan fingerprint density at radius 1 is 1.21 bits per heavy atom. The molecule has 0 radical (unpaired) electrons. The van der Waals surface area contributed by atoms with E-state index in [2.05, 4.69) is 27.2 Å². The minimum absolute atomic E-state index is 0.138. The molecule has 3 heterocycles. The van der Waals surface area contributed by atoms with Crippen LogP contribution in [-0.2, 0) is 9.53 Å². The van der Waals surface area contributed by atoms with Crippen molar-refractivity contribution >= 4 is 11.6 Å². The normalized spacial score (nSPS) is 30.5. The van der Waals surface area contributed by atoms with Gasteiger partial charge in [0, 0.05) is 31.4 Å². The van der Waals surface area contributed by atoms with Crippen LogP contribution in [0.15, 0.2) is 30.3 Å². The Balaban J connectivity index is 1.50. The van der Waals surface area contributed by atoms with Gasteiger partial charge in [0.15, 0.2) is 0 Å². The first-order valence-electron chi connectivity index (χ1n) is 8.81. The number of piperidine rings is 1. The van der Waals surface area contributed by atoms with Crippen molar-refractivity contribution in [3.05, 3.63) is 30.3 Å². The summed E-state index contributed by atoms with van der Waals surface area (Å²) >= 11 is 0. The van der Waals surface area contributed by atoms with Gasteiger partial charge in [-0.2, -0.15) is 0 Å². The van der Waals surface area contributed by atoms with Gasteiger partial charge in [0.25, 0.3) is 0 Å². The number of carbonyl (C=O) groups excluding carboxylic acids is 1. The summed E-state index contributed by atoms with van der Waals surface area (Å²) in [4.78, 5) is 17.2. The van der Waals surface area contributed by atoms with Gasteiger partial charge >= 0.3 is 0 Å². The number of amides is 1. The molecule has 0 unspecified atom stereocenters. The van der Waals surface area contributed by atoms with Gasteiger partial charge in [0.1, 0.15) is 5.54 Å². The molecule has 2 atom stereocenters. The van der Waals surface area contributed by atoms with Crippen molar-refractivity contribution in [1.82, 2.24) is 10.2 Å². The SMILES string of the molecule is O=C1NCN(c2ccccc2)C12CCN([C@H]1CCOC[C@@H]1O)CC2. The fourth-order valence-electron chi connectivity index (χ4n) is 4.40. The molecule has 0 bridgehead atoms. The van der Waals surface area contributed by atoms with E-state index in [1.165, 1.54) is 0 Å². The van der Waals surface area contributed by atoms with E-state index in [1.54, 1.807) is 0 Å². The number of benzene rings is 1. The third kappa shape index (κ3) is 2.59. The average Bonchev–Trinajstić information content (AvgIpc) is 2.93. The Morgan fingerprint density at radius 2 is 1.96 bits per heavy atom. The highest BCUT2D eigenvalue weighted by molar-refractivity contribution is 5.93. The molecule has 2 N–H and O–H groups in total. The van der Waals surface area contributed by atoms with Crippen LogP contribution in [0.1, 0.15) is 19.3 Å². The Hall–Kier alpha value is -1.63. The first-order valence-corrected chi connectivity index (χ1v) is 8.81. The number of carbonyl (C=O) groups is 1. The lowest BCUT2D eigenvalue weighted by atomic mass is 9.84. The number of likely N-dealkylation sites (tertiary alicyclic amines) is 1. The predicted molar refractivity (Wildman–Crippen MR) is 90.7 cm³/mol. The summed E-state index contributed by atoms with van der Waals surface area (Å²) in [5, 5.41) is 13.2. The number of nitrogens with one attached hydrogen (secondary N) is 1. The van der Waals surface area contributed by atoms with Crippen molar-refractivity contribution in [1.29, 1.82) is 0 Å². The number of anilines is 1. The van der Waals surface area contributed by atoms with Crippen LogP contribution in [0.5, 0.6) is 0 Å². The van der Waals surface area contributed by atoms with Crippen molar-refractivity contribution in [2.45, 2.75) is 36.9 Å². The smallest absolute Gasteiger partial charge is 0.247 e. The minimum atomic E-state index is -0.450. The third-order valence-electron chi connectivity index (χ3n) is 5.79. The molecule has 3 saturated heterocycles. The lowest BCUT2D eigenvalue weighted by Gasteiger charge is -2.47. The minimum Gasteiger partial charge on any atom is -0.389 e. The Labute approximate surface area is 142 Å². The molecule has 1 aromatic carbocycles. The monoisotopic (exact) mass is 331 g/mol. The molecule has 0 aliphatic carbocycles. The second-order valence-corrected chi connectivity index (χ2v) is 6.99. The standard InChI is InChI=1S/C18H25N3O3/c22-16-12-24-11-6-15(16)20-9-7-18(8-10-20)17(23)19-13-21(18)14-4-2-1-3-5-14/h1-5,15-16,22H,6-13H2,(H,19,23)/t15-,16-/m0/s1. The van der Waals surface area contributed by atoms with Crippen LogP contribution in [-0.4, -0.2) is 66.6 Å². The second-order valence-electron chi connectivity index (χ2n) is 6.99. The Morgan fingerprint density at radius 3 is 2.67 bits per heavy atom. The van der Waals surface area contributed by atoms with E-state index in [4.69, 9.17) is 4.74 Å². The van der Waals surface area contributed by atoms with Gasteiger partial charge < -0.3 is 20.1 Å². The third-order valence-corrected chi connectivity index (χ3v) is 5.79. The maximum atomic E-state index is 12.6. The van der Waals surface area contributed by atoms with Gasteiger partial charge in [-0.25, -0.2) is 0 Å². The van der Waals surface area contributed by atoms with E-state index < -0.39 is 11.6 Å². The first kappa shape index (κ1) is 15.9. The Bertz CT molecular complexity index is 586. The highest BCUT2D eigenvalue weighted by Crippen LogP contribution is 2.37. The molecule has 6 nitrogen and oxygen atoms in total. The first-order chi connectivity index (χ1) is 11.7. The number of aliphatic hydroxyl groups is 1. The fourth-order valence-corrected chi connectivity index (χ4v) is 4.40. The summed E-state index contributed by atoms with van der Waals surface area (Å²) in [6.07, 6.45) is 2.02. The molecular formula is C18H25N3O3. The average molecular weight is 331 g/mol. The van der Waals surface area contributed by atoms with Crippen LogP contribution in [0.25, 0.3) is 0 Å². The van der Waals surface area contributed by atoms with Crippen LogP contribution < -0.4 is 10.2 Å². The van der Waals surface area contributed by atoms with Crippen LogP contribution in [0.2, 0.25) is 0 Å². The molecular weight excluding hydrogens is 306 g/mol. The molecule has 24 heavy (non-hydrogen) atoms. The number of para-hydroxylation sites is 1. The fraction of sp³-hybridized carbons (Fsp3) is 0.611. The number of aliphatic hydroxyl groups excluding tert-OH is 1. The van der Waals surface area contributed by atoms with E-state index >= 15 is 0 Å². The Kier molecular flexibility index (Phi) is 4.20. The molecule has 1 spiro atoms. The van der Waals surface area contributed by atoms with E-state index in [0.717, 1.165) is 38.0 Å². The zero-order valence-electron chi connectivity index (χ0n) is 13.9. The maximum Gasteiger partial charge on any atom is 0.247 e. The summed E-state index contributed by atoms with van der Waals surface area (Å²) in [6.45, 7) is 3.36. The second kappa shape index (κ2) is 6.35. The van der Waals surface area contributed by atoms with E-state index in [0.29, 0.717) is 19.9 Å². The van der Waals surface area contributed by atoms with Crippen molar-refractivity contribution in [3.8, 4) is 0 Å². The number of nitrogens with zero attached hydrogens (tertiary/aromatic N) is 2. The summed E-state index contributed by atoms with van der Waals surface area (Å²) < 4.78 is 5.34. The van der Waals surface area contributed by atoms with Gasteiger partial charge in [-0.3, -0.25) is 9.69 Å². The van der Waals surface area contributed by atoms with Crippen LogP contribution in [0, 0.1) is 0 Å². The van der Waals surface area contributed by atoms with Crippen molar-refractivity contribution < 1.29 is 14.6 Å². The number of hydrogen-bond acceptors (Lipinski definition) is 5. The molecule has 130 valence electrons. The van der Waals surface area contributed by atoms with Crippen LogP contribution in [0.4, 0.5) is 5.69 Å². The molecule has 3 aliphatic rings. The van der Waals surface area contributed by atoms with Crippen LogP contribution in [0.3, 0.4) is 0 Å². The lowest BCUT2D eigenvalue weighted by Crippen LogP contribution is -2.60. The van der Waals surface area contributed by atoms with Crippen molar-refractivity contribution in [2.75, 3.05) is 37.9 Å². The molecule has 3 aliphatic heterocycles. The van der Waals surface area contributed by atoms with E-state index in [-0.39, 0.29) is 11.9 Å². The predicted octanol–water partition coefficient (Wildman–Crippen LogP) is 0.565. The van der Waals surface area contributed by atoms with E-state index in [1.807, 2.05) is 18.2 Å². The summed E-state index contributed by atoms with van der Waals surface area (Å²) in [6, 6.07) is 10.3. The van der Waals surface area contributed by atoms with Gasteiger partial charge in [-0.15, -0.1) is 0 Å². The van der Waals surface area contributed by atoms with Gasteiger partial charge in [0.05, 0.1) is 19.4 Å². The molecule has 1 amide bonds. The highest BCUT2D eigenvalue weighted by Gasteiger charge is 2.51. The topological polar surface area (TPSA) is 65.0 Å². The van der Waals surface area contributed by atoms with E-state index in [9.17, 15) is 9.90 Å². The molecule has 4 rings (SSSR count). The van der Waals surface area contributed by atoms with Gasteiger partial charge in [-0.1, -0.05) is 18.2 Å². The lowest BCUT2D eigenvalue weighted by molar-refractivity contribution is -0.126. The number of hydrogen-bond donors (Lipinski definition) is 2. The summed E-state index contributed by atoms with van der Waals surface area (Å²) in [5.41, 5.74) is 0.643. The largest absolute Gasteiger partial charge is 0.389 e. The molecule has 3 fully saturated rings. The maximum absolute atomic E-state index is 12.6. The van der Waals surface area contributed by atoms with Crippen LogP contribution >= 0.6 is 0 Å². The quantitative estimate of drug-likeness (QED) is 0.829. The van der Waals surface area contributed by atoms with Crippen molar-refractivity contribution in [3.63, 3.8) is 0 Å². The molecule has 0 saturated carbocycles. The summed E-state index contributed by atoms with van der Waals surface area (Å²) in [7, 11) is 0. The summed E-state index contributed by atoms with van der Waals surface area (Å²) in [5.74, 6) is 0.138. The van der Waals surface area contributed by atoms with Gasteiger partial charge in [0.2, 0.25) is 5.91 Å². The van der Waals surface area contributed by atoms with Gasteiger partial charge in [-0.05, 0) is 31.4 Å². The highest BCUT2D eigenvalue weighted by atomic mass is 16.5. The van der Waals surface area contributed by atoms with Crippen molar-refractivity contribution in [2.24, 2.45) is 0 Å².